The van der Waals surface area contributed by atoms with Crippen LogP contribution in [0.4, 0.5) is 0 Å². The predicted octanol–water partition coefficient (Wildman–Crippen LogP) is 3.21. The van der Waals surface area contributed by atoms with E-state index in [9.17, 15) is 0 Å². The molecule has 2 heteroatoms. The fraction of sp³-hybridized carbons (Fsp3) is 0.667. The summed E-state index contributed by atoms with van der Waals surface area (Å²) in [6.07, 6.45) is 3.25. The first-order valence-electron chi connectivity index (χ1n) is 5.45. The maximum absolute atomic E-state index is 5.87. The molecule has 0 saturated carbocycles. The number of aryl methyl sites for hydroxylation is 1. The van der Waals surface area contributed by atoms with Gasteiger partial charge in [-0.2, -0.15) is 0 Å². The molecule has 1 heterocycles. The van der Waals surface area contributed by atoms with E-state index in [1.54, 1.807) is 0 Å². The minimum atomic E-state index is 0.341. The van der Waals surface area contributed by atoms with Gasteiger partial charge in [0.15, 0.2) is 0 Å². The van der Waals surface area contributed by atoms with Gasteiger partial charge in [0, 0.05) is 12.0 Å². The zero-order chi connectivity index (χ0) is 10.6. The molecule has 1 aromatic rings. The summed E-state index contributed by atoms with van der Waals surface area (Å²) in [5.74, 6) is 2.57. The fourth-order valence-electron chi connectivity index (χ4n) is 1.53. The van der Waals surface area contributed by atoms with Gasteiger partial charge in [-0.05, 0) is 38.3 Å². The number of nitrogens with two attached hydrogens (primary N) is 1. The topological polar surface area (TPSA) is 39.2 Å². The molecule has 80 valence electrons. The number of furan rings is 1. The Morgan fingerprint density at radius 1 is 1.36 bits per heavy atom. The largest absolute Gasteiger partial charge is 0.466 e. The zero-order valence-electron chi connectivity index (χ0n) is 9.42. The molecule has 14 heavy (non-hydrogen) atoms. The summed E-state index contributed by atoms with van der Waals surface area (Å²) >= 11 is 0. The standard InChI is InChI=1S/C12H21NO/c1-4-11(13)7-5-9(2)12-8-6-10(3)14-12/h6,8-9,11H,4-5,7,13H2,1-3H3. The third kappa shape index (κ3) is 3.18. The van der Waals surface area contributed by atoms with Gasteiger partial charge < -0.3 is 10.2 Å². The molecule has 0 aromatic carbocycles. The smallest absolute Gasteiger partial charge is 0.106 e. The third-order valence-electron chi connectivity index (χ3n) is 2.74. The molecule has 2 N–H and O–H groups in total. The monoisotopic (exact) mass is 195 g/mol. The van der Waals surface area contributed by atoms with E-state index < -0.39 is 0 Å². The first-order chi connectivity index (χ1) is 6.63. The van der Waals surface area contributed by atoms with Crippen molar-refractivity contribution in [1.29, 1.82) is 0 Å². The number of hydrogen-bond acceptors (Lipinski definition) is 2. The minimum absolute atomic E-state index is 0.341. The second-order valence-electron chi connectivity index (χ2n) is 4.10. The van der Waals surface area contributed by atoms with E-state index in [4.69, 9.17) is 10.2 Å². The molecular weight excluding hydrogens is 174 g/mol. The van der Waals surface area contributed by atoms with E-state index in [1.807, 2.05) is 13.0 Å². The highest BCUT2D eigenvalue weighted by molar-refractivity contribution is 5.09. The Morgan fingerprint density at radius 3 is 2.57 bits per heavy atom. The lowest BCUT2D eigenvalue weighted by Gasteiger charge is -2.12. The molecule has 1 rings (SSSR count). The van der Waals surface area contributed by atoms with Gasteiger partial charge in [-0.15, -0.1) is 0 Å². The summed E-state index contributed by atoms with van der Waals surface area (Å²) in [4.78, 5) is 0. The van der Waals surface area contributed by atoms with Crippen molar-refractivity contribution in [3.05, 3.63) is 23.7 Å². The average Bonchev–Trinajstić information content (AvgIpc) is 2.60. The summed E-state index contributed by atoms with van der Waals surface area (Å²) in [5, 5.41) is 0. The van der Waals surface area contributed by atoms with Crippen molar-refractivity contribution >= 4 is 0 Å². The normalized spacial score (nSPS) is 15.4. The van der Waals surface area contributed by atoms with Gasteiger partial charge in [0.1, 0.15) is 11.5 Å². The quantitative estimate of drug-likeness (QED) is 0.783. The van der Waals surface area contributed by atoms with Gasteiger partial charge in [0.25, 0.3) is 0 Å². The second kappa shape index (κ2) is 5.20. The van der Waals surface area contributed by atoms with Crippen molar-refractivity contribution < 1.29 is 4.42 Å². The Kier molecular flexibility index (Phi) is 4.21. The average molecular weight is 195 g/mol. The van der Waals surface area contributed by atoms with Crippen LogP contribution in [0.3, 0.4) is 0 Å². The fourth-order valence-corrected chi connectivity index (χ4v) is 1.53. The second-order valence-corrected chi connectivity index (χ2v) is 4.10. The lowest BCUT2D eigenvalue weighted by atomic mass is 9.99. The number of rotatable bonds is 5. The van der Waals surface area contributed by atoms with Crippen molar-refractivity contribution in [2.75, 3.05) is 0 Å². The van der Waals surface area contributed by atoms with Crippen LogP contribution in [-0.4, -0.2) is 6.04 Å². The summed E-state index contributed by atoms with van der Waals surface area (Å²) in [6.45, 7) is 6.31. The van der Waals surface area contributed by atoms with Crippen LogP contribution in [0.1, 0.15) is 50.5 Å². The highest BCUT2D eigenvalue weighted by atomic mass is 16.3. The molecule has 0 aliphatic heterocycles. The van der Waals surface area contributed by atoms with Gasteiger partial charge in [-0.3, -0.25) is 0 Å². The predicted molar refractivity (Wildman–Crippen MR) is 59.4 cm³/mol. The lowest BCUT2D eigenvalue weighted by molar-refractivity contribution is 0.425. The molecule has 1 aromatic heterocycles. The Hall–Kier alpha value is -0.760. The van der Waals surface area contributed by atoms with Gasteiger partial charge in [0.2, 0.25) is 0 Å². The molecule has 0 fully saturated rings. The van der Waals surface area contributed by atoms with E-state index in [0.29, 0.717) is 12.0 Å². The first kappa shape index (κ1) is 11.3. The van der Waals surface area contributed by atoms with Crippen LogP contribution in [-0.2, 0) is 0 Å². The van der Waals surface area contributed by atoms with Gasteiger partial charge in [-0.1, -0.05) is 13.8 Å². The molecule has 0 aliphatic carbocycles. The molecule has 2 nitrogen and oxygen atoms in total. The van der Waals surface area contributed by atoms with Crippen molar-refractivity contribution in [2.45, 2.75) is 52.0 Å². The Balaban J connectivity index is 2.39. The van der Waals surface area contributed by atoms with Crippen LogP contribution in [0.5, 0.6) is 0 Å². The highest BCUT2D eigenvalue weighted by Crippen LogP contribution is 2.23. The van der Waals surface area contributed by atoms with Gasteiger partial charge in [-0.25, -0.2) is 0 Å². The molecule has 0 amide bonds. The molecule has 0 aliphatic rings. The molecule has 0 saturated heterocycles. The maximum atomic E-state index is 5.87. The molecule has 0 bridgehead atoms. The van der Waals surface area contributed by atoms with Crippen LogP contribution in [0, 0.1) is 6.92 Å². The van der Waals surface area contributed by atoms with Gasteiger partial charge in [0.05, 0.1) is 0 Å². The zero-order valence-corrected chi connectivity index (χ0v) is 9.42. The van der Waals surface area contributed by atoms with E-state index >= 15 is 0 Å². The van der Waals surface area contributed by atoms with Crippen LogP contribution >= 0.6 is 0 Å². The molecule has 0 spiro atoms. The molecular formula is C12H21NO. The Bertz CT molecular complexity index is 267. The van der Waals surface area contributed by atoms with Crippen molar-refractivity contribution in [3.63, 3.8) is 0 Å². The van der Waals surface area contributed by atoms with Crippen molar-refractivity contribution in [3.8, 4) is 0 Å². The van der Waals surface area contributed by atoms with E-state index in [1.165, 1.54) is 0 Å². The summed E-state index contributed by atoms with van der Waals surface area (Å²) in [7, 11) is 0. The van der Waals surface area contributed by atoms with E-state index in [0.717, 1.165) is 30.8 Å². The number of hydrogen-bond donors (Lipinski definition) is 1. The van der Waals surface area contributed by atoms with E-state index in [2.05, 4.69) is 19.9 Å². The van der Waals surface area contributed by atoms with Gasteiger partial charge >= 0.3 is 0 Å². The lowest BCUT2D eigenvalue weighted by Crippen LogP contribution is -2.18. The van der Waals surface area contributed by atoms with Crippen LogP contribution in [0.2, 0.25) is 0 Å². The van der Waals surface area contributed by atoms with E-state index in [-0.39, 0.29) is 0 Å². The Morgan fingerprint density at radius 2 is 2.07 bits per heavy atom. The van der Waals surface area contributed by atoms with Crippen molar-refractivity contribution in [2.24, 2.45) is 5.73 Å². The molecule has 2 atom stereocenters. The third-order valence-corrected chi connectivity index (χ3v) is 2.74. The van der Waals surface area contributed by atoms with Crippen LogP contribution < -0.4 is 5.73 Å². The van der Waals surface area contributed by atoms with Crippen molar-refractivity contribution in [1.82, 2.24) is 0 Å². The summed E-state index contributed by atoms with van der Waals surface area (Å²) in [5.41, 5.74) is 5.87. The van der Waals surface area contributed by atoms with Crippen LogP contribution in [0.25, 0.3) is 0 Å². The Labute approximate surface area is 86.5 Å². The summed E-state index contributed by atoms with van der Waals surface area (Å²) < 4.78 is 5.57. The first-order valence-corrected chi connectivity index (χ1v) is 5.45. The SMILES string of the molecule is CCC(N)CCC(C)c1ccc(C)o1. The molecule has 0 radical (unpaired) electrons. The summed E-state index contributed by atoms with van der Waals surface area (Å²) in [6, 6.07) is 4.43. The van der Waals surface area contributed by atoms with Crippen LogP contribution in [0.15, 0.2) is 16.5 Å². The maximum Gasteiger partial charge on any atom is 0.106 e. The highest BCUT2D eigenvalue weighted by Gasteiger charge is 2.10. The molecule has 2 unspecified atom stereocenters. The minimum Gasteiger partial charge on any atom is -0.466 e.